The first-order chi connectivity index (χ1) is 11.1. The predicted octanol–water partition coefficient (Wildman–Crippen LogP) is 2.59. The van der Waals surface area contributed by atoms with Gasteiger partial charge < -0.3 is 16.0 Å². The van der Waals surface area contributed by atoms with Gasteiger partial charge in [0.2, 0.25) is 5.91 Å². The minimum Gasteiger partial charge on any atom is -0.354 e. The molecule has 1 aromatic carbocycles. The molecule has 0 spiro atoms. The molecule has 0 aliphatic heterocycles. The molecule has 1 fully saturated rings. The lowest BCUT2D eigenvalue weighted by molar-refractivity contribution is -0.114. The van der Waals surface area contributed by atoms with Gasteiger partial charge in [0.1, 0.15) is 0 Å². The van der Waals surface area contributed by atoms with E-state index < -0.39 is 0 Å². The van der Waals surface area contributed by atoms with Crippen molar-refractivity contribution in [2.24, 2.45) is 4.99 Å². The molecule has 2 atom stereocenters. The molecular weight excluding hydrogens is 308 g/mol. The summed E-state index contributed by atoms with van der Waals surface area (Å²) in [7, 11) is 1.80. The third-order valence-corrected chi connectivity index (χ3v) is 5.08. The van der Waals surface area contributed by atoms with E-state index in [1.807, 2.05) is 36.0 Å². The molecule has 2 unspecified atom stereocenters. The fraction of sp³-hybridized carbons (Fsp3) is 0.529. The Bertz CT molecular complexity index is 561. The van der Waals surface area contributed by atoms with Gasteiger partial charge in [-0.1, -0.05) is 12.1 Å². The highest BCUT2D eigenvalue weighted by Crippen LogP contribution is 2.28. The van der Waals surface area contributed by atoms with E-state index in [9.17, 15) is 4.79 Å². The summed E-state index contributed by atoms with van der Waals surface area (Å²) >= 11 is 1.95. The van der Waals surface area contributed by atoms with Gasteiger partial charge in [-0.05, 0) is 43.2 Å². The van der Waals surface area contributed by atoms with Crippen LogP contribution in [0.2, 0.25) is 0 Å². The lowest BCUT2D eigenvalue weighted by atomic mass is 10.2. The van der Waals surface area contributed by atoms with E-state index in [1.165, 1.54) is 26.2 Å². The van der Waals surface area contributed by atoms with Gasteiger partial charge in [0.05, 0.1) is 0 Å². The van der Waals surface area contributed by atoms with E-state index >= 15 is 0 Å². The third-order valence-electron chi connectivity index (χ3n) is 3.99. The quantitative estimate of drug-likeness (QED) is 0.572. The number of nitrogens with zero attached hydrogens (tertiary/aromatic N) is 1. The molecule has 1 amide bonds. The number of nitrogens with one attached hydrogen (secondary N) is 3. The maximum absolute atomic E-state index is 11.1. The number of carbonyl (C=O) groups is 1. The fourth-order valence-corrected chi connectivity index (χ4v) is 3.62. The van der Waals surface area contributed by atoms with Crippen molar-refractivity contribution >= 4 is 29.3 Å². The van der Waals surface area contributed by atoms with E-state index in [1.54, 1.807) is 7.05 Å². The summed E-state index contributed by atoms with van der Waals surface area (Å²) in [4.78, 5) is 15.4. The maximum Gasteiger partial charge on any atom is 0.221 e. The second-order valence-electron chi connectivity index (χ2n) is 5.82. The number of aliphatic imine (C=N–C) groups is 1. The van der Waals surface area contributed by atoms with Crippen LogP contribution in [0.5, 0.6) is 0 Å². The van der Waals surface area contributed by atoms with Gasteiger partial charge in [0.15, 0.2) is 5.96 Å². The summed E-state index contributed by atoms with van der Waals surface area (Å²) in [5.74, 6) is 0.777. The highest BCUT2D eigenvalue weighted by molar-refractivity contribution is 7.99. The molecule has 23 heavy (non-hydrogen) atoms. The van der Waals surface area contributed by atoms with E-state index in [2.05, 4.69) is 27.2 Å². The standard InChI is InChI=1S/C17H26N4OS/c1-12(22)20-14-6-4-5-13(9-14)11-19-17(18-2)21-15-7-8-16(10-15)23-3/h4-6,9,15-16H,7-8,10-11H2,1-3H3,(H,20,22)(H2,18,19,21). The summed E-state index contributed by atoms with van der Waals surface area (Å²) in [5, 5.41) is 10.4. The van der Waals surface area contributed by atoms with Crippen LogP contribution in [0.3, 0.4) is 0 Å². The molecule has 0 aromatic heterocycles. The summed E-state index contributed by atoms with van der Waals surface area (Å²) in [5.41, 5.74) is 1.92. The van der Waals surface area contributed by atoms with Gasteiger partial charge in [-0.2, -0.15) is 11.8 Å². The molecule has 5 nitrogen and oxygen atoms in total. The van der Waals surface area contributed by atoms with Crippen molar-refractivity contribution in [1.82, 2.24) is 10.6 Å². The lowest BCUT2D eigenvalue weighted by Crippen LogP contribution is -2.42. The van der Waals surface area contributed by atoms with Crippen LogP contribution in [0.4, 0.5) is 5.69 Å². The Hall–Kier alpha value is -1.69. The van der Waals surface area contributed by atoms with Crippen molar-refractivity contribution in [2.45, 2.75) is 44.0 Å². The monoisotopic (exact) mass is 334 g/mol. The molecule has 6 heteroatoms. The van der Waals surface area contributed by atoms with Crippen LogP contribution in [-0.2, 0) is 11.3 Å². The molecule has 1 saturated carbocycles. The van der Waals surface area contributed by atoms with Crippen molar-refractivity contribution in [3.05, 3.63) is 29.8 Å². The number of benzene rings is 1. The van der Waals surface area contributed by atoms with E-state index in [0.717, 1.165) is 22.5 Å². The summed E-state index contributed by atoms with van der Waals surface area (Å²) < 4.78 is 0. The SMILES string of the molecule is CN=C(NCc1cccc(NC(C)=O)c1)NC1CCC(SC)C1. The Morgan fingerprint density at radius 2 is 2.22 bits per heavy atom. The van der Waals surface area contributed by atoms with Gasteiger partial charge in [-0.25, -0.2) is 0 Å². The number of hydrogen-bond donors (Lipinski definition) is 3. The Kier molecular flexibility index (Phi) is 6.77. The van der Waals surface area contributed by atoms with Crippen LogP contribution in [0.25, 0.3) is 0 Å². The topological polar surface area (TPSA) is 65.5 Å². The second kappa shape index (κ2) is 8.82. The first-order valence-electron chi connectivity index (χ1n) is 7.97. The molecule has 0 heterocycles. The average Bonchev–Trinajstić information content (AvgIpc) is 2.99. The zero-order valence-corrected chi connectivity index (χ0v) is 14.9. The van der Waals surface area contributed by atoms with Crippen molar-refractivity contribution in [3.63, 3.8) is 0 Å². The van der Waals surface area contributed by atoms with Crippen LogP contribution in [0.1, 0.15) is 31.7 Å². The normalized spacial score (nSPS) is 21.1. The summed E-state index contributed by atoms with van der Waals surface area (Å²) in [6, 6.07) is 8.34. The van der Waals surface area contributed by atoms with Crippen LogP contribution in [0.15, 0.2) is 29.3 Å². The number of carbonyl (C=O) groups excluding carboxylic acids is 1. The van der Waals surface area contributed by atoms with E-state index in [0.29, 0.717) is 12.6 Å². The smallest absolute Gasteiger partial charge is 0.221 e. The molecule has 2 rings (SSSR count). The van der Waals surface area contributed by atoms with E-state index in [4.69, 9.17) is 0 Å². The number of anilines is 1. The zero-order chi connectivity index (χ0) is 16.7. The molecule has 0 radical (unpaired) electrons. The number of thioether (sulfide) groups is 1. The fourth-order valence-electron chi connectivity index (χ4n) is 2.82. The Morgan fingerprint density at radius 3 is 2.87 bits per heavy atom. The lowest BCUT2D eigenvalue weighted by Gasteiger charge is -2.17. The minimum atomic E-state index is -0.0582. The summed E-state index contributed by atoms with van der Waals surface area (Å²) in [6.45, 7) is 2.19. The second-order valence-corrected chi connectivity index (χ2v) is 6.96. The van der Waals surface area contributed by atoms with Gasteiger partial charge in [-0.3, -0.25) is 9.79 Å². The summed E-state index contributed by atoms with van der Waals surface area (Å²) in [6.07, 6.45) is 5.85. The molecule has 126 valence electrons. The van der Waals surface area contributed by atoms with Crippen molar-refractivity contribution in [3.8, 4) is 0 Å². The van der Waals surface area contributed by atoms with Crippen LogP contribution < -0.4 is 16.0 Å². The van der Waals surface area contributed by atoms with Gasteiger partial charge in [0, 0.05) is 37.5 Å². The Labute approximate surface area is 142 Å². The first-order valence-corrected chi connectivity index (χ1v) is 9.26. The third kappa shape index (κ3) is 5.78. The van der Waals surface area contributed by atoms with E-state index in [-0.39, 0.29) is 5.91 Å². The van der Waals surface area contributed by atoms with Crippen LogP contribution in [-0.4, -0.2) is 36.5 Å². The molecule has 3 N–H and O–H groups in total. The van der Waals surface area contributed by atoms with Gasteiger partial charge in [-0.15, -0.1) is 0 Å². The number of guanidine groups is 1. The number of hydrogen-bond acceptors (Lipinski definition) is 3. The molecule has 1 aliphatic rings. The first kappa shape index (κ1) is 17.7. The predicted molar refractivity (Wildman–Crippen MR) is 99.0 cm³/mol. The highest BCUT2D eigenvalue weighted by Gasteiger charge is 2.24. The van der Waals surface area contributed by atoms with Crippen molar-refractivity contribution in [1.29, 1.82) is 0 Å². The van der Waals surface area contributed by atoms with Crippen molar-refractivity contribution in [2.75, 3.05) is 18.6 Å². The molecule has 1 aliphatic carbocycles. The Balaban J connectivity index is 1.85. The number of rotatable bonds is 5. The maximum atomic E-state index is 11.1. The number of amides is 1. The van der Waals surface area contributed by atoms with Crippen molar-refractivity contribution < 1.29 is 4.79 Å². The van der Waals surface area contributed by atoms with Gasteiger partial charge >= 0.3 is 0 Å². The average molecular weight is 334 g/mol. The van der Waals surface area contributed by atoms with Crippen LogP contribution >= 0.6 is 11.8 Å². The largest absolute Gasteiger partial charge is 0.354 e. The van der Waals surface area contributed by atoms with Crippen LogP contribution in [0, 0.1) is 0 Å². The minimum absolute atomic E-state index is 0.0582. The molecule has 1 aromatic rings. The molecule has 0 bridgehead atoms. The van der Waals surface area contributed by atoms with Gasteiger partial charge in [0.25, 0.3) is 0 Å². The molecule has 0 saturated heterocycles. The Morgan fingerprint density at radius 1 is 1.39 bits per heavy atom. The molecular formula is C17H26N4OS. The zero-order valence-electron chi connectivity index (χ0n) is 14.1. The highest BCUT2D eigenvalue weighted by atomic mass is 32.2.